The molecule has 1 amide bonds. The van der Waals surface area contributed by atoms with Gasteiger partial charge in [-0.3, -0.25) is 4.79 Å². The summed E-state index contributed by atoms with van der Waals surface area (Å²) in [7, 11) is 0. The van der Waals surface area contributed by atoms with Crippen molar-refractivity contribution in [3.8, 4) is 6.07 Å². The van der Waals surface area contributed by atoms with Crippen LogP contribution in [0.2, 0.25) is 0 Å². The van der Waals surface area contributed by atoms with Crippen LogP contribution in [0.5, 0.6) is 0 Å². The third-order valence-electron chi connectivity index (χ3n) is 2.60. The SMILES string of the molecule is N#Cc1ccc(N2CC(N)CC2=O)c(N)c1. The molecule has 1 aliphatic rings. The number of nitrogens with zero attached hydrogens (tertiary/aromatic N) is 2. The summed E-state index contributed by atoms with van der Waals surface area (Å²) in [4.78, 5) is 13.2. The second kappa shape index (κ2) is 3.83. The Morgan fingerprint density at radius 2 is 2.25 bits per heavy atom. The van der Waals surface area contributed by atoms with Crippen LogP contribution in [0.25, 0.3) is 0 Å². The molecule has 0 radical (unpaired) electrons. The van der Waals surface area contributed by atoms with Crippen molar-refractivity contribution in [3.63, 3.8) is 0 Å². The fourth-order valence-corrected chi connectivity index (χ4v) is 1.84. The van der Waals surface area contributed by atoms with E-state index in [1.54, 1.807) is 23.1 Å². The van der Waals surface area contributed by atoms with E-state index >= 15 is 0 Å². The molecule has 0 aliphatic carbocycles. The van der Waals surface area contributed by atoms with E-state index in [1.807, 2.05) is 6.07 Å². The smallest absolute Gasteiger partial charge is 0.228 e. The maximum Gasteiger partial charge on any atom is 0.228 e. The quantitative estimate of drug-likeness (QED) is 0.655. The number of hydrogen-bond acceptors (Lipinski definition) is 4. The number of amides is 1. The lowest BCUT2D eigenvalue weighted by atomic mass is 10.2. The highest BCUT2D eigenvalue weighted by atomic mass is 16.2. The minimum atomic E-state index is -0.137. The summed E-state index contributed by atoms with van der Waals surface area (Å²) < 4.78 is 0. The van der Waals surface area contributed by atoms with Gasteiger partial charge in [0, 0.05) is 19.0 Å². The van der Waals surface area contributed by atoms with Crippen LogP contribution in [-0.2, 0) is 4.79 Å². The lowest BCUT2D eigenvalue weighted by Gasteiger charge is -2.18. The molecule has 16 heavy (non-hydrogen) atoms. The molecule has 5 heteroatoms. The lowest BCUT2D eigenvalue weighted by Crippen LogP contribution is -2.28. The molecule has 5 nitrogen and oxygen atoms in total. The van der Waals surface area contributed by atoms with E-state index in [0.29, 0.717) is 29.9 Å². The van der Waals surface area contributed by atoms with Crippen LogP contribution in [0.1, 0.15) is 12.0 Å². The predicted octanol–water partition coefficient (Wildman–Crippen LogP) is 0.204. The molecule has 1 unspecified atom stereocenters. The van der Waals surface area contributed by atoms with Crippen LogP contribution in [0.15, 0.2) is 18.2 Å². The van der Waals surface area contributed by atoms with E-state index in [0.717, 1.165) is 0 Å². The number of anilines is 2. The Balaban J connectivity index is 2.35. The highest BCUT2D eigenvalue weighted by molar-refractivity contribution is 5.99. The molecular formula is C11H12N4O. The third-order valence-corrected chi connectivity index (χ3v) is 2.60. The molecule has 2 rings (SSSR count). The molecular weight excluding hydrogens is 204 g/mol. The van der Waals surface area contributed by atoms with Gasteiger partial charge in [-0.2, -0.15) is 5.26 Å². The van der Waals surface area contributed by atoms with Crippen LogP contribution in [0.4, 0.5) is 11.4 Å². The normalized spacial score (nSPS) is 19.9. The van der Waals surface area contributed by atoms with Crippen molar-refractivity contribution in [1.29, 1.82) is 5.26 Å². The fraction of sp³-hybridized carbons (Fsp3) is 0.273. The predicted molar refractivity (Wildman–Crippen MR) is 60.5 cm³/mol. The third kappa shape index (κ3) is 1.71. The van der Waals surface area contributed by atoms with E-state index < -0.39 is 0 Å². The average Bonchev–Trinajstić information content (AvgIpc) is 2.57. The molecule has 1 aromatic carbocycles. The van der Waals surface area contributed by atoms with Crippen LogP contribution >= 0.6 is 0 Å². The zero-order valence-corrected chi connectivity index (χ0v) is 8.68. The number of carbonyl (C=O) groups excluding carboxylic acids is 1. The zero-order chi connectivity index (χ0) is 11.7. The minimum absolute atomic E-state index is 0.0242. The second-order valence-corrected chi connectivity index (χ2v) is 3.85. The molecule has 0 saturated carbocycles. The van der Waals surface area contributed by atoms with Crippen LogP contribution in [0.3, 0.4) is 0 Å². The zero-order valence-electron chi connectivity index (χ0n) is 8.68. The Morgan fingerprint density at radius 3 is 2.75 bits per heavy atom. The van der Waals surface area contributed by atoms with E-state index in [9.17, 15) is 4.79 Å². The first-order valence-electron chi connectivity index (χ1n) is 4.97. The van der Waals surface area contributed by atoms with Crippen molar-refractivity contribution in [2.45, 2.75) is 12.5 Å². The van der Waals surface area contributed by atoms with Crippen LogP contribution < -0.4 is 16.4 Å². The summed E-state index contributed by atoms with van der Waals surface area (Å²) in [5.41, 5.74) is 13.1. The van der Waals surface area contributed by atoms with Crippen molar-refractivity contribution >= 4 is 17.3 Å². The Morgan fingerprint density at radius 1 is 1.50 bits per heavy atom. The number of nitriles is 1. The topological polar surface area (TPSA) is 96.1 Å². The molecule has 1 fully saturated rings. The second-order valence-electron chi connectivity index (χ2n) is 3.85. The molecule has 0 aromatic heterocycles. The first-order valence-corrected chi connectivity index (χ1v) is 4.97. The van der Waals surface area contributed by atoms with Gasteiger partial charge in [0.05, 0.1) is 23.0 Å². The van der Waals surface area contributed by atoms with E-state index in [2.05, 4.69) is 0 Å². The molecule has 82 valence electrons. The van der Waals surface area contributed by atoms with Crippen molar-refractivity contribution in [3.05, 3.63) is 23.8 Å². The first-order chi connectivity index (χ1) is 7.61. The van der Waals surface area contributed by atoms with E-state index in [4.69, 9.17) is 16.7 Å². The Bertz CT molecular complexity index is 477. The lowest BCUT2D eigenvalue weighted by molar-refractivity contribution is -0.117. The summed E-state index contributed by atoms with van der Waals surface area (Å²) in [6.45, 7) is 0.481. The first kappa shape index (κ1) is 10.5. The van der Waals surface area contributed by atoms with Gasteiger partial charge in [0.25, 0.3) is 0 Å². The number of carbonyl (C=O) groups is 1. The minimum Gasteiger partial charge on any atom is -0.397 e. The summed E-state index contributed by atoms with van der Waals surface area (Å²) in [6.07, 6.45) is 0.347. The van der Waals surface area contributed by atoms with Gasteiger partial charge in [0.15, 0.2) is 0 Å². The molecule has 0 bridgehead atoms. The Kier molecular flexibility index (Phi) is 2.50. The number of nitrogen functional groups attached to an aromatic ring is 1. The molecule has 0 spiro atoms. The fourth-order valence-electron chi connectivity index (χ4n) is 1.84. The highest BCUT2D eigenvalue weighted by Crippen LogP contribution is 2.27. The average molecular weight is 216 g/mol. The summed E-state index contributed by atoms with van der Waals surface area (Å²) in [5, 5.41) is 8.71. The summed E-state index contributed by atoms with van der Waals surface area (Å²) in [6, 6.07) is 6.75. The van der Waals surface area contributed by atoms with Gasteiger partial charge in [-0.1, -0.05) is 0 Å². The molecule has 1 aromatic rings. The van der Waals surface area contributed by atoms with Gasteiger partial charge >= 0.3 is 0 Å². The Labute approximate surface area is 93.2 Å². The van der Waals surface area contributed by atoms with Crippen molar-refractivity contribution in [2.75, 3.05) is 17.2 Å². The molecule has 1 atom stereocenters. The Hall–Kier alpha value is -2.06. The standard InChI is InChI=1S/C11H12N4O/c12-5-7-1-2-10(9(14)3-7)15-6-8(13)4-11(15)16/h1-3,8H,4,6,13-14H2. The van der Waals surface area contributed by atoms with Gasteiger partial charge in [-0.25, -0.2) is 0 Å². The molecule has 4 N–H and O–H groups in total. The van der Waals surface area contributed by atoms with Crippen molar-refractivity contribution in [2.24, 2.45) is 5.73 Å². The summed E-state index contributed by atoms with van der Waals surface area (Å²) in [5.74, 6) is -0.0242. The maximum absolute atomic E-state index is 11.6. The van der Waals surface area contributed by atoms with Crippen molar-refractivity contribution in [1.82, 2.24) is 0 Å². The number of hydrogen-bond donors (Lipinski definition) is 2. The molecule has 1 heterocycles. The highest BCUT2D eigenvalue weighted by Gasteiger charge is 2.29. The van der Waals surface area contributed by atoms with Crippen LogP contribution in [-0.4, -0.2) is 18.5 Å². The van der Waals surface area contributed by atoms with Gasteiger partial charge in [-0.05, 0) is 18.2 Å². The molecule has 1 aliphatic heterocycles. The van der Waals surface area contributed by atoms with Crippen LogP contribution in [0, 0.1) is 11.3 Å². The van der Waals surface area contributed by atoms with E-state index in [1.165, 1.54) is 0 Å². The number of rotatable bonds is 1. The van der Waals surface area contributed by atoms with Gasteiger partial charge < -0.3 is 16.4 Å². The van der Waals surface area contributed by atoms with Gasteiger partial charge in [-0.15, -0.1) is 0 Å². The largest absolute Gasteiger partial charge is 0.397 e. The maximum atomic E-state index is 11.6. The number of nitrogens with two attached hydrogens (primary N) is 2. The van der Waals surface area contributed by atoms with Crippen molar-refractivity contribution < 1.29 is 4.79 Å². The molecule has 1 saturated heterocycles. The number of benzene rings is 1. The van der Waals surface area contributed by atoms with Gasteiger partial charge in [0.2, 0.25) is 5.91 Å². The van der Waals surface area contributed by atoms with Gasteiger partial charge in [0.1, 0.15) is 0 Å². The monoisotopic (exact) mass is 216 g/mol. The summed E-state index contributed by atoms with van der Waals surface area (Å²) >= 11 is 0. The van der Waals surface area contributed by atoms with E-state index in [-0.39, 0.29) is 11.9 Å².